The third-order valence-corrected chi connectivity index (χ3v) is 7.09. The van der Waals surface area contributed by atoms with E-state index in [1.807, 2.05) is 43.3 Å². The molecule has 10 heteroatoms. The second-order valence-electron chi connectivity index (χ2n) is 7.47. The third-order valence-electron chi connectivity index (χ3n) is 4.87. The highest BCUT2D eigenvalue weighted by Gasteiger charge is 2.25. The second kappa shape index (κ2) is 12.1. The number of amides is 2. The first-order valence-corrected chi connectivity index (χ1v) is 13.4. The highest BCUT2D eigenvalue weighted by molar-refractivity contribution is 14.1. The van der Waals surface area contributed by atoms with Crippen molar-refractivity contribution < 1.29 is 19.1 Å². The number of hydrogen-bond donors (Lipinski definition) is 1. The summed E-state index contributed by atoms with van der Waals surface area (Å²) in [5, 5.41) is 4.04. The predicted octanol–water partition coefficient (Wildman–Crippen LogP) is 6.98. The van der Waals surface area contributed by atoms with Gasteiger partial charge in [0.1, 0.15) is 6.61 Å². The molecule has 1 saturated heterocycles. The summed E-state index contributed by atoms with van der Waals surface area (Å²) in [5.41, 5.74) is 2.11. The number of benzene rings is 3. The minimum absolute atomic E-state index is 0.217. The molecule has 1 aliphatic heterocycles. The van der Waals surface area contributed by atoms with Crippen molar-refractivity contribution >= 4 is 80.6 Å². The Hall–Kier alpha value is -2.53. The van der Waals surface area contributed by atoms with Gasteiger partial charge in [0.2, 0.25) is 0 Å². The van der Waals surface area contributed by atoms with Crippen LogP contribution in [0.4, 0.5) is 0 Å². The van der Waals surface area contributed by atoms with E-state index in [9.17, 15) is 9.59 Å². The number of aliphatic imine (C=N–C) groups is 1. The number of ether oxygens (including phenoxy) is 2. The number of carbonyl (C=O) groups excluding carboxylic acids is 2. The molecule has 0 saturated carbocycles. The Morgan fingerprint density at radius 2 is 1.72 bits per heavy atom. The second-order valence-corrected chi connectivity index (χ2v) is 10.5. The molecule has 0 radical (unpaired) electrons. The molecule has 0 atom stereocenters. The molecule has 184 valence electrons. The monoisotopic (exact) mass is 652 g/mol. The van der Waals surface area contributed by atoms with E-state index in [1.165, 1.54) is 0 Å². The quantitative estimate of drug-likeness (QED) is 0.220. The normalized spacial score (nSPS) is 15.3. The maximum absolute atomic E-state index is 12.5. The fourth-order valence-corrected chi connectivity index (χ4v) is 5.04. The fraction of sp³-hybridized carbons (Fsp3) is 0.115. The van der Waals surface area contributed by atoms with Crippen molar-refractivity contribution in [2.75, 3.05) is 6.61 Å². The number of nitrogens with zero attached hydrogens (tertiary/aromatic N) is 1. The Kier molecular flexibility index (Phi) is 8.95. The van der Waals surface area contributed by atoms with Crippen molar-refractivity contribution in [3.63, 3.8) is 0 Å². The van der Waals surface area contributed by atoms with Crippen molar-refractivity contribution in [2.45, 2.75) is 13.5 Å². The van der Waals surface area contributed by atoms with Crippen LogP contribution < -0.4 is 14.8 Å². The van der Waals surface area contributed by atoms with Crippen molar-refractivity contribution in [1.29, 1.82) is 0 Å². The molecule has 4 rings (SSSR count). The van der Waals surface area contributed by atoms with Gasteiger partial charge >= 0.3 is 0 Å². The average molecular weight is 653 g/mol. The Morgan fingerprint density at radius 1 is 1.06 bits per heavy atom. The summed E-state index contributed by atoms with van der Waals surface area (Å²) in [6.07, 6.45) is 1.73. The molecule has 0 unspecified atom stereocenters. The first kappa shape index (κ1) is 26.5. The number of hydrogen-bond acceptors (Lipinski definition) is 5. The van der Waals surface area contributed by atoms with Gasteiger partial charge in [-0.05, 0) is 107 Å². The Bertz CT molecular complexity index is 1360. The van der Waals surface area contributed by atoms with E-state index < -0.39 is 5.91 Å². The van der Waals surface area contributed by atoms with Gasteiger partial charge in [0, 0.05) is 15.6 Å². The zero-order valence-corrected chi connectivity index (χ0v) is 23.4. The third kappa shape index (κ3) is 6.82. The highest BCUT2D eigenvalue weighted by Crippen LogP contribution is 2.37. The van der Waals surface area contributed by atoms with Crippen LogP contribution in [-0.2, 0) is 11.4 Å². The fourth-order valence-electron chi connectivity index (χ4n) is 3.19. The van der Waals surface area contributed by atoms with Crippen LogP contribution in [-0.4, -0.2) is 23.6 Å². The first-order valence-electron chi connectivity index (χ1n) is 10.8. The van der Waals surface area contributed by atoms with Crippen LogP contribution in [0.25, 0.3) is 6.08 Å². The Labute approximate surface area is 236 Å². The lowest BCUT2D eigenvalue weighted by atomic mass is 10.2. The summed E-state index contributed by atoms with van der Waals surface area (Å²) in [6, 6.07) is 17.5. The maximum atomic E-state index is 12.5. The first-order chi connectivity index (χ1) is 17.3. The van der Waals surface area contributed by atoms with E-state index in [-0.39, 0.29) is 11.1 Å². The molecule has 1 N–H and O–H groups in total. The van der Waals surface area contributed by atoms with Crippen LogP contribution in [0.1, 0.15) is 28.4 Å². The summed E-state index contributed by atoms with van der Waals surface area (Å²) >= 11 is 15.1. The summed E-state index contributed by atoms with van der Waals surface area (Å²) < 4.78 is 12.7. The molecule has 1 fully saturated rings. The SMILES string of the molecule is CCOc1cc(/C=C2\SC(=NC(=O)c3ccc(Cl)cc3)NC2=O)cc(I)c1OCc1ccc(Cl)cc1. The molecule has 6 nitrogen and oxygen atoms in total. The molecule has 2 amide bonds. The van der Waals surface area contributed by atoms with Gasteiger partial charge in [-0.2, -0.15) is 4.99 Å². The summed E-state index contributed by atoms with van der Waals surface area (Å²) in [4.78, 5) is 29.4. The van der Waals surface area contributed by atoms with E-state index >= 15 is 0 Å². The van der Waals surface area contributed by atoms with E-state index in [2.05, 4.69) is 32.9 Å². The minimum Gasteiger partial charge on any atom is -0.490 e. The summed E-state index contributed by atoms with van der Waals surface area (Å²) in [5.74, 6) is 0.388. The number of nitrogens with one attached hydrogen (secondary N) is 1. The molecule has 0 bridgehead atoms. The van der Waals surface area contributed by atoms with Crippen molar-refractivity contribution in [3.8, 4) is 11.5 Å². The molecule has 36 heavy (non-hydrogen) atoms. The van der Waals surface area contributed by atoms with Gasteiger partial charge in [-0.15, -0.1) is 0 Å². The zero-order chi connectivity index (χ0) is 25.7. The van der Waals surface area contributed by atoms with E-state index in [0.29, 0.717) is 45.2 Å². The summed E-state index contributed by atoms with van der Waals surface area (Å²) in [6.45, 7) is 2.70. The molecular weight excluding hydrogens is 634 g/mol. The lowest BCUT2D eigenvalue weighted by molar-refractivity contribution is -0.115. The molecule has 1 aliphatic rings. The van der Waals surface area contributed by atoms with Crippen LogP contribution in [0.2, 0.25) is 10.0 Å². The molecule has 0 spiro atoms. The number of rotatable bonds is 7. The van der Waals surface area contributed by atoms with Crippen LogP contribution in [0.3, 0.4) is 0 Å². The maximum Gasteiger partial charge on any atom is 0.279 e. The standard InChI is InChI=1S/C26H19Cl2IN2O4S/c1-2-34-21-12-16(11-20(29)23(21)35-14-15-3-7-18(27)8-4-15)13-22-25(33)31-26(36-22)30-24(32)17-5-9-19(28)10-6-17/h3-13H,2,14H2,1H3,(H,30,31,32,33)/b22-13-. The highest BCUT2D eigenvalue weighted by atomic mass is 127. The van der Waals surface area contributed by atoms with Gasteiger partial charge in [-0.25, -0.2) is 0 Å². The van der Waals surface area contributed by atoms with Crippen molar-refractivity contribution in [1.82, 2.24) is 5.32 Å². The lowest BCUT2D eigenvalue weighted by Gasteiger charge is -2.15. The number of halogens is 3. The Balaban J connectivity index is 1.53. The predicted molar refractivity (Wildman–Crippen MR) is 153 cm³/mol. The van der Waals surface area contributed by atoms with E-state index in [4.69, 9.17) is 32.7 Å². The molecular formula is C26H19Cl2IN2O4S. The van der Waals surface area contributed by atoms with Gasteiger partial charge < -0.3 is 14.8 Å². The van der Waals surface area contributed by atoms with Gasteiger partial charge in [0.15, 0.2) is 16.7 Å². The summed E-state index contributed by atoms with van der Waals surface area (Å²) in [7, 11) is 0. The van der Waals surface area contributed by atoms with Crippen LogP contribution in [0, 0.1) is 3.57 Å². The van der Waals surface area contributed by atoms with Crippen LogP contribution in [0.15, 0.2) is 70.6 Å². The van der Waals surface area contributed by atoms with Crippen LogP contribution in [0.5, 0.6) is 11.5 Å². The largest absolute Gasteiger partial charge is 0.490 e. The van der Waals surface area contributed by atoms with E-state index in [1.54, 1.807) is 30.3 Å². The van der Waals surface area contributed by atoms with Gasteiger partial charge in [-0.1, -0.05) is 35.3 Å². The van der Waals surface area contributed by atoms with Gasteiger partial charge in [0.25, 0.3) is 11.8 Å². The zero-order valence-electron chi connectivity index (χ0n) is 18.9. The van der Waals surface area contributed by atoms with Crippen molar-refractivity contribution in [2.24, 2.45) is 4.99 Å². The van der Waals surface area contributed by atoms with Gasteiger partial charge in [-0.3, -0.25) is 9.59 Å². The smallest absolute Gasteiger partial charge is 0.279 e. The number of carbonyl (C=O) groups is 2. The number of thioether (sulfide) groups is 1. The van der Waals surface area contributed by atoms with E-state index in [0.717, 1.165) is 26.5 Å². The molecule has 0 aliphatic carbocycles. The van der Waals surface area contributed by atoms with Gasteiger partial charge in [0.05, 0.1) is 15.1 Å². The molecule has 3 aromatic rings. The molecule has 0 aromatic heterocycles. The Morgan fingerprint density at radius 3 is 2.39 bits per heavy atom. The lowest BCUT2D eigenvalue weighted by Crippen LogP contribution is -2.20. The average Bonchev–Trinajstić information content (AvgIpc) is 3.18. The topological polar surface area (TPSA) is 77.0 Å². The van der Waals surface area contributed by atoms with Crippen molar-refractivity contribution in [3.05, 3.63) is 95.9 Å². The minimum atomic E-state index is -0.467. The molecule has 1 heterocycles. The van der Waals surface area contributed by atoms with Crippen LogP contribution >= 0.6 is 57.6 Å². The molecule has 3 aromatic carbocycles. The number of amidine groups is 1.